The number of esters is 1. The molecular weight excluding hydrogens is 358 g/mol. The maximum atomic E-state index is 12.1. The number of rotatable bonds is 5. The van der Waals surface area contributed by atoms with Crippen LogP contribution in [0.1, 0.15) is 28.4 Å². The molecule has 120 valence electrons. The van der Waals surface area contributed by atoms with Crippen molar-refractivity contribution < 1.29 is 14.3 Å². The van der Waals surface area contributed by atoms with Gasteiger partial charge in [-0.3, -0.25) is 4.79 Å². The molecule has 2 aromatic rings. The molecule has 4 nitrogen and oxygen atoms in total. The third kappa shape index (κ3) is 4.42. The lowest BCUT2D eigenvalue weighted by Crippen LogP contribution is -2.22. The van der Waals surface area contributed by atoms with Crippen LogP contribution in [0, 0.1) is 6.92 Å². The molecule has 0 saturated heterocycles. The van der Waals surface area contributed by atoms with Gasteiger partial charge in [0.2, 0.25) is 0 Å². The third-order valence-corrected chi connectivity index (χ3v) is 4.12. The van der Waals surface area contributed by atoms with Gasteiger partial charge >= 0.3 is 5.97 Å². The summed E-state index contributed by atoms with van der Waals surface area (Å²) in [7, 11) is 0. The lowest BCUT2D eigenvalue weighted by atomic mass is 10.1. The highest BCUT2D eigenvalue weighted by Gasteiger charge is 2.14. The van der Waals surface area contributed by atoms with E-state index < -0.39 is 5.97 Å². The monoisotopic (exact) mass is 375 g/mol. The molecule has 0 saturated carbocycles. The molecule has 1 N–H and O–H groups in total. The molecule has 0 heterocycles. The molecule has 0 aromatic heterocycles. The molecule has 0 unspecified atom stereocenters. The van der Waals surface area contributed by atoms with E-state index in [2.05, 4.69) is 21.2 Å². The number of ether oxygens (including phenoxy) is 1. The number of hydrogen-bond donors (Lipinski definition) is 1. The summed E-state index contributed by atoms with van der Waals surface area (Å²) in [5.74, 6) is -0.887. The molecule has 5 heteroatoms. The minimum absolute atomic E-state index is 0.322. The van der Waals surface area contributed by atoms with Crippen molar-refractivity contribution >= 4 is 33.5 Å². The van der Waals surface area contributed by atoms with Crippen molar-refractivity contribution in [2.45, 2.75) is 20.3 Å². The van der Waals surface area contributed by atoms with Crippen molar-refractivity contribution in [1.29, 1.82) is 0 Å². The summed E-state index contributed by atoms with van der Waals surface area (Å²) in [6.45, 7) is 3.64. The normalized spacial score (nSPS) is 10.2. The zero-order valence-corrected chi connectivity index (χ0v) is 14.6. The fourth-order valence-electron chi connectivity index (χ4n) is 2.21. The van der Waals surface area contributed by atoms with Gasteiger partial charge in [-0.05, 0) is 52.5 Å². The van der Waals surface area contributed by atoms with Gasteiger partial charge in [-0.2, -0.15) is 0 Å². The maximum Gasteiger partial charge on any atom is 0.339 e. The lowest BCUT2D eigenvalue weighted by Gasteiger charge is -2.13. The highest BCUT2D eigenvalue weighted by Crippen LogP contribution is 2.21. The van der Waals surface area contributed by atoms with Gasteiger partial charge < -0.3 is 10.1 Å². The Morgan fingerprint density at radius 2 is 1.87 bits per heavy atom. The van der Waals surface area contributed by atoms with Gasteiger partial charge in [-0.15, -0.1) is 0 Å². The van der Waals surface area contributed by atoms with E-state index in [0.29, 0.717) is 10.0 Å². The van der Waals surface area contributed by atoms with E-state index in [-0.39, 0.29) is 12.5 Å². The van der Waals surface area contributed by atoms with Crippen LogP contribution in [0.25, 0.3) is 0 Å². The number of carbonyl (C=O) groups is 2. The van der Waals surface area contributed by atoms with Crippen LogP contribution in [0.3, 0.4) is 0 Å². The highest BCUT2D eigenvalue weighted by molar-refractivity contribution is 9.10. The Bertz CT molecular complexity index is 728. The molecule has 0 atom stereocenters. The fraction of sp³-hybridized carbons (Fsp3) is 0.222. The van der Waals surface area contributed by atoms with Crippen molar-refractivity contribution in [2.24, 2.45) is 0 Å². The van der Waals surface area contributed by atoms with Crippen LogP contribution in [-0.4, -0.2) is 18.5 Å². The Kier molecular flexibility index (Phi) is 5.93. The molecule has 0 aliphatic rings. The van der Waals surface area contributed by atoms with Gasteiger partial charge in [0.05, 0.1) is 5.56 Å². The van der Waals surface area contributed by atoms with Crippen LogP contribution in [0.2, 0.25) is 0 Å². The van der Waals surface area contributed by atoms with E-state index in [0.717, 1.165) is 23.2 Å². The number of aryl methyl sites for hydroxylation is 2. The topological polar surface area (TPSA) is 55.4 Å². The minimum Gasteiger partial charge on any atom is -0.452 e. The Morgan fingerprint density at radius 3 is 2.57 bits per heavy atom. The van der Waals surface area contributed by atoms with Gasteiger partial charge in [-0.1, -0.05) is 37.3 Å². The number of amides is 1. The van der Waals surface area contributed by atoms with E-state index in [9.17, 15) is 9.59 Å². The SMILES string of the molecule is CCc1cccc(C)c1NC(=O)COC(=O)c1ccccc1Br. The van der Waals surface area contributed by atoms with Gasteiger partial charge in [0.1, 0.15) is 0 Å². The Morgan fingerprint density at radius 1 is 1.13 bits per heavy atom. The van der Waals surface area contributed by atoms with Crippen LogP contribution in [0.15, 0.2) is 46.9 Å². The predicted molar refractivity (Wildman–Crippen MR) is 93.6 cm³/mol. The Balaban J connectivity index is 1.99. The Hall–Kier alpha value is -2.14. The summed E-state index contributed by atoms with van der Waals surface area (Å²) in [4.78, 5) is 24.0. The van der Waals surface area contributed by atoms with Crippen molar-refractivity contribution in [3.05, 3.63) is 63.6 Å². The van der Waals surface area contributed by atoms with E-state index >= 15 is 0 Å². The fourth-order valence-corrected chi connectivity index (χ4v) is 2.66. The number of nitrogens with one attached hydrogen (secondary N) is 1. The molecule has 0 bridgehead atoms. The zero-order valence-electron chi connectivity index (χ0n) is 13.1. The van der Waals surface area contributed by atoms with Crippen LogP contribution in [-0.2, 0) is 16.0 Å². The number of benzene rings is 2. The first-order chi connectivity index (χ1) is 11.0. The first kappa shape index (κ1) is 17.2. The van der Waals surface area contributed by atoms with E-state index in [4.69, 9.17) is 4.74 Å². The zero-order chi connectivity index (χ0) is 16.8. The summed E-state index contributed by atoms with van der Waals surface area (Å²) >= 11 is 3.28. The van der Waals surface area contributed by atoms with Crippen molar-refractivity contribution in [1.82, 2.24) is 0 Å². The standard InChI is InChI=1S/C18H18BrNO3/c1-3-13-8-6-7-12(2)17(13)20-16(21)11-23-18(22)14-9-4-5-10-15(14)19/h4-10H,3,11H2,1-2H3,(H,20,21). The molecule has 0 spiro atoms. The van der Waals surface area contributed by atoms with Crippen molar-refractivity contribution in [3.8, 4) is 0 Å². The lowest BCUT2D eigenvalue weighted by molar-refractivity contribution is -0.119. The number of para-hydroxylation sites is 1. The maximum absolute atomic E-state index is 12.1. The van der Waals surface area contributed by atoms with Gasteiger partial charge in [0.15, 0.2) is 6.61 Å². The van der Waals surface area contributed by atoms with Gasteiger partial charge in [-0.25, -0.2) is 4.79 Å². The molecule has 0 aliphatic carbocycles. The predicted octanol–water partition coefficient (Wildman–Crippen LogP) is 4.12. The summed E-state index contributed by atoms with van der Waals surface area (Å²) in [6, 6.07) is 12.8. The third-order valence-electron chi connectivity index (χ3n) is 3.43. The molecular formula is C18H18BrNO3. The Labute approximate surface area is 144 Å². The molecule has 2 aromatic carbocycles. The summed E-state index contributed by atoms with van der Waals surface area (Å²) in [5, 5.41) is 2.82. The van der Waals surface area contributed by atoms with E-state index in [1.54, 1.807) is 24.3 Å². The number of carbonyl (C=O) groups excluding carboxylic acids is 2. The van der Waals surface area contributed by atoms with Crippen molar-refractivity contribution in [3.63, 3.8) is 0 Å². The smallest absolute Gasteiger partial charge is 0.339 e. The first-order valence-electron chi connectivity index (χ1n) is 7.33. The summed E-state index contributed by atoms with van der Waals surface area (Å²) in [6.07, 6.45) is 0.814. The second-order valence-corrected chi connectivity index (χ2v) is 5.92. The van der Waals surface area contributed by atoms with Crippen LogP contribution in [0.4, 0.5) is 5.69 Å². The molecule has 23 heavy (non-hydrogen) atoms. The average Bonchev–Trinajstić information content (AvgIpc) is 2.55. The van der Waals surface area contributed by atoms with Gasteiger partial charge in [0, 0.05) is 10.2 Å². The molecule has 0 fully saturated rings. The van der Waals surface area contributed by atoms with Crippen LogP contribution in [0.5, 0.6) is 0 Å². The number of anilines is 1. The second kappa shape index (κ2) is 7.92. The molecule has 1 amide bonds. The molecule has 0 aliphatic heterocycles. The van der Waals surface area contributed by atoms with Crippen molar-refractivity contribution in [2.75, 3.05) is 11.9 Å². The number of halogens is 1. The van der Waals surface area contributed by atoms with Gasteiger partial charge in [0.25, 0.3) is 5.91 Å². The summed E-state index contributed by atoms with van der Waals surface area (Å²) in [5.41, 5.74) is 3.22. The summed E-state index contributed by atoms with van der Waals surface area (Å²) < 4.78 is 5.71. The van der Waals surface area contributed by atoms with E-state index in [1.807, 2.05) is 32.0 Å². The highest BCUT2D eigenvalue weighted by atomic mass is 79.9. The van der Waals surface area contributed by atoms with E-state index in [1.165, 1.54) is 0 Å². The average molecular weight is 376 g/mol. The largest absolute Gasteiger partial charge is 0.452 e. The number of hydrogen-bond acceptors (Lipinski definition) is 3. The minimum atomic E-state index is -0.534. The van der Waals surface area contributed by atoms with Crippen LogP contribution >= 0.6 is 15.9 Å². The quantitative estimate of drug-likeness (QED) is 0.799. The molecule has 2 rings (SSSR count). The first-order valence-corrected chi connectivity index (χ1v) is 8.12. The second-order valence-electron chi connectivity index (χ2n) is 5.07. The van der Waals surface area contributed by atoms with Crippen LogP contribution < -0.4 is 5.32 Å². The molecule has 0 radical (unpaired) electrons.